The maximum absolute atomic E-state index is 7.32. The summed E-state index contributed by atoms with van der Waals surface area (Å²) in [6, 6.07) is 0. The van der Waals surface area contributed by atoms with Gasteiger partial charge in [-0.15, -0.1) is 11.8 Å². The number of nitrogens with zero attached hydrogens (tertiary/aromatic N) is 1. The molecule has 56 valence electrons. The van der Waals surface area contributed by atoms with Crippen molar-refractivity contribution in [1.29, 1.82) is 5.41 Å². The van der Waals surface area contributed by atoms with Crippen LogP contribution in [0.4, 0.5) is 0 Å². The Morgan fingerprint density at radius 3 is 2.30 bits per heavy atom. The molecule has 0 aromatic carbocycles. The van der Waals surface area contributed by atoms with Gasteiger partial charge in [-0.05, 0) is 19.9 Å². The Bertz CT molecular complexity index is 179. The molecule has 3 nitrogen and oxygen atoms in total. The van der Waals surface area contributed by atoms with E-state index in [-0.39, 0.29) is 0 Å². The molecule has 0 fully saturated rings. The topological polar surface area (TPSA) is 62.2 Å². The van der Waals surface area contributed by atoms with E-state index in [9.17, 15) is 0 Å². The second-order valence-electron chi connectivity index (χ2n) is 1.72. The quantitative estimate of drug-likeness (QED) is 0.467. The zero-order chi connectivity index (χ0) is 8.15. The molecule has 3 N–H and O–H groups in total. The van der Waals surface area contributed by atoms with Crippen molar-refractivity contribution in [2.45, 2.75) is 6.92 Å². The zero-order valence-corrected chi connectivity index (χ0v) is 6.96. The third-order valence-electron chi connectivity index (χ3n) is 0.951. The predicted octanol–water partition coefficient (Wildman–Crippen LogP) is 1.22. The molecule has 0 amide bonds. The lowest BCUT2D eigenvalue weighted by atomic mass is 10.4. The van der Waals surface area contributed by atoms with Gasteiger partial charge in [-0.3, -0.25) is 10.4 Å². The van der Waals surface area contributed by atoms with Crippen LogP contribution >= 0.6 is 11.8 Å². The van der Waals surface area contributed by atoms with Gasteiger partial charge in [0.15, 0.2) is 0 Å². The van der Waals surface area contributed by atoms with Crippen molar-refractivity contribution in [3.63, 3.8) is 0 Å². The lowest BCUT2D eigenvalue weighted by Gasteiger charge is -2.00. The molecular weight excluding hydrogens is 146 g/mol. The Labute approximate surface area is 64.9 Å². The fourth-order valence-electron chi connectivity index (χ4n) is 0.472. The van der Waals surface area contributed by atoms with Gasteiger partial charge in [0.1, 0.15) is 10.7 Å². The monoisotopic (exact) mass is 157 g/mol. The Morgan fingerprint density at radius 2 is 2.20 bits per heavy atom. The summed E-state index contributed by atoms with van der Waals surface area (Å²) >= 11 is 1.30. The van der Waals surface area contributed by atoms with Gasteiger partial charge in [-0.2, -0.15) is 0 Å². The van der Waals surface area contributed by atoms with E-state index in [1.165, 1.54) is 11.8 Å². The lowest BCUT2D eigenvalue weighted by Crippen LogP contribution is -2.02. The van der Waals surface area contributed by atoms with E-state index in [0.717, 1.165) is 0 Å². The first-order chi connectivity index (χ1) is 4.63. The number of hydrogen-bond donors (Lipinski definition) is 2. The molecule has 0 saturated heterocycles. The van der Waals surface area contributed by atoms with Gasteiger partial charge in [0.2, 0.25) is 0 Å². The van der Waals surface area contributed by atoms with E-state index in [0.29, 0.717) is 16.4 Å². The Kier molecular flexibility index (Phi) is 3.79. The van der Waals surface area contributed by atoms with Crippen LogP contribution in [0.25, 0.3) is 0 Å². The van der Waals surface area contributed by atoms with E-state index in [4.69, 9.17) is 11.1 Å². The van der Waals surface area contributed by atoms with Crippen LogP contribution in [0.2, 0.25) is 0 Å². The predicted molar refractivity (Wildman–Crippen MR) is 47.7 cm³/mol. The summed E-state index contributed by atoms with van der Waals surface area (Å²) in [7, 11) is 0. The minimum absolute atomic E-state index is 0.356. The number of nitrogens with two attached hydrogens (primary N) is 1. The lowest BCUT2D eigenvalue weighted by molar-refractivity contribution is 1.23. The summed E-state index contributed by atoms with van der Waals surface area (Å²) in [5, 5.41) is 7.67. The highest BCUT2D eigenvalue weighted by Gasteiger charge is 2.02. The van der Waals surface area contributed by atoms with Gasteiger partial charge >= 0.3 is 0 Å². The van der Waals surface area contributed by atoms with Crippen molar-refractivity contribution >= 4 is 23.5 Å². The van der Waals surface area contributed by atoms with Crippen LogP contribution in [0, 0.1) is 5.41 Å². The summed E-state index contributed by atoms with van der Waals surface area (Å²) in [4.78, 5) is 3.62. The number of thioether (sulfide) groups is 1. The number of allylic oxidation sites excluding steroid dienone is 1. The first kappa shape index (κ1) is 9.23. The summed E-state index contributed by atoms with van der Waals surface area (Å²) in [5.41, 5.74) is 6.43. The van der Waals surface area contributed by atoms with Crippen LogP contribution < -0.4 is 5.73 Å². The van der Waals surface area contributed by atoms with Gasteiger partial charge in [-0.25, -0.2) is 0 Å². The van der Waals surface area contributed by atoms with Crippen molar-refractivity contribution in [3.8, 4) is 0 Å². The fourth-order valence-corrected chi connectivity index (χ4v) is 0.891. The molecule has 0 bridgehead atoms. The van der Waals surface area contributed by atoms with Crippen LogP contribution in [-0.4, -0.2) is 18.0 Å². The Morgan fingerprint density at radius 1 is 1.70 bits per heavy atom. The van der Waals surface area contributed by atoms with Crippen LogP contribution in [0.15, 0.2) is 16.4 Å². The van der Waals surface area contributed by atoms with Crippen molar-refractivity contribution in [2.75, 3.05) is 6.26 Å². The fraction of sp³-hybridized carbons (Fsp3) is 0.333. The van der Waals surface area contributed by atoms with Crippen molar-refractivity contribution in [1.82, 2.24) is 0 Å². The molecule has 0 aliphatic rings. The highest BCUT2D eigenvalue weighted by atomic mass is 32.2. The standard InChI is InChI=1S/C6H11N3S/c1-4(7)5(9-2)6(8)10-3/h8H,2,7H2,1,3H3/b5-4+,8-6?. The van der Waals surface area contributed by atoms with Gasteiger partial charge in [0, 0.05) is 5.70 Å². The van der Waals surface area contributed by atoms with Crippen molar-refractivity contribution in [2.24, 2.45) is 10.7 Å². The largest absolute Gasteiger partial charge is 0.400 e. The van der Waals surface area contributed by atoms with Gasteiger partial charge in [-0.1, -0.05) is 0 Å². The molecule has 0 radical (unpaired) electrons. The summed E-state index contributed by atoms with van der Waals surface area (Å²) in [5.74, 6) is 0. The van der Waals surface area contributed by atoms with Crippen LogP contribution in [0.3, 0.4) is 0 Å². The van der Waals surface area contributed by atoms with E-state index < -0.39 is 0 Å². The Balaban J connectivity index is 4.53. The van der Waals surface area contributed by atoms with E-state index >= 15 is 0 Å². The number of rotatable bonds is 2. The third-order valence-corrected chi connectivity index (χ3v) is 1.55. The average Bonchev–Trinajstić information content (AvgIpc) is 1.88. The molecule has 0 heterocycles. The Hall–Kier alpha value is -0.770. The summed E-state index contributed by atoms with van der Waals surface area (Å²) in [6.07, 6.45) is 1.80. The average molecular weight is 157 g/mol. The molecule has 0 saturated carbocycles. The van der Waals surface area contributed by atoms with Gasteiger partial charge < -0.3 is 5.73 Å². The zero-order valence-electron chi connectivity index (χ0n) is 6.14. The maximum Gasteiger partial charge on any atom is 0.114 e. The van der Waals surface area contributed by atoms with Gasteiger partial charge in [0.25, 0.3) is 0 Å². The van der Waals surface area contributed by atoms with Crippen molar-refractivity contribution in [3.05, 3.63) is 11.4 Å². The molecule has 0 aromatic heterocycles. The molecule has 0 aliphatic carbocycles. The summed E-state index contributed by atoms with van der Waals surface area (Å²) in [6.45, 7) is 5.01. The van der Waals surface area contributed by atoms with Crippen molar-refractivity contribution < 1.29 is 0 Å². The molecular formula is C6H11N3S. The van der Waals surface area contributed by atoms with Gasteiger partial charge in [0.05, 0.1) is 0 Å². The minimum atomic E-state index is 0.356. The number of nitrogens with one attached hydrogen (secondary N) is 1. The molecule has 0 unspecified atom stereocenters. The number of aliphatic imine (C=N–C) groups is 1. The third kappa shape index (κ3) is 2.23. The molecule has 0 spiro atoms. The molecule has 0 aromatic rings. The highest BCUT2D eigenvalue weighted by molar-refractivity contribution is 8.13. The van der Waals surface area contributed by atoms with E-state index in [1.54, 1.807) is 13.2 Å². The smallest absolute Gasteiger partial charge is 0.114 e. The van der Waals surface area contributed by atoms with E-state index in [1.807, 2.05) is 0 Å². The number of hydrogen-bond acceptors (Lipinski definition) is 4. The first-order valence-corrected chi connectivity index (χ1v) is 3.92. The molecule has 0 rings (SSSR count). The second-order valence-corrected chi connectivity index (χ2v) is 2.54. The minimum Gasteiger partial charge on any atom is -0.400 e. The normalized spacial score (nSPS) is 12.2. The first-order valence-electron chi connectivity index (χ1n) is 2.69. The van der Waals surface area contributed by atoms with Crippen LogP contribution in [-0.2, 0) is 0 Å². The molecule has 4 heteroatoms. The van der Waals surface area contributed by atoms with Crippen LogP contribution in [0.1, 0.15) is 6.92 Å². The molecule has 0 aliphatic heterocycles. The second kappa shape index (κ2) is 4.11. The van der Waals surface area contributed by atoms with E-state index in [2.05, 4.69) is 11.7 Å². The molecule has 10 heavy (non-hydrogen) atoms. The summed E-state index contributed by atoms with van der Waals surface area (Å²) < 4.78 is 0. The maximum atomic E-state index is 7.32. The molecule has 0 atom stereocenters. The SMILES string of the molecule is C=N/C(C(=N)SC)=C(\C)N. The highest BCUT2D eigenvalue weighted by Crippen LogP contribution is 2.09. The van der Waals surface area contributed by atoms with Crippen LogP contribution in [0.5, 0.6) is 0 Å².